The third-order valence-corrected chi connectivity index (χ3v) is 3.37. The predicted octanol–water partition coefficient (Wildman–Crippen LogP) is 1.81. The van der Waals surface area contributed by atoms with Crippen LogP contribution >= 0.6 is 0 Å². The quantitative estimate of drug-likeness (QED) is 0.181. The molecule has 0 atom stereocenters. The summed E-state index contributed by atoms with van der Waals surface area (Å²) >= 11 is 0. The van der Waals surface area contributed by atoms with Crippen LogP contribution in [0.2, 0.25) is 0 Å². The van der Waals surface area contributed by atoms with Gasteiger partial charge in [0.1, 0.15) is 13.2 Å². The van der Waals surface area contributed by atoms with Crippen LogP contribution in [0.1, 0.15) is 30.1 Å². The molecule has 0 aliphatic carbocycles. The van der Waals surface area contributed by atoms with E-state index >= 15 is 0 Å². The number of Topliss-reactive ketones (excluding diaryl/α,β-unsaturated/α-hetero) is 1. The average molecular weight is 396 g/mol. The van der Waals surface area contributed by atoms with E-state index in [-0.39, 0.29) is 25.8 Å². The summed E-state index contributed by atoms with van der Waals surface area (Å²) < 4.78 is 25.6. The fourth-order valence-electron chi connectivity index (χ4n) is 2.00. The molecule has 156 valence electrons. The maximum atomic E-state index is 11.8. The zero-order chi connectivity index (χ0) is 20.5. The highest BCUT2D eigenvalue weighted by Gasteiger charge is 2.16. The first kappa shape index (κ1) is 23.7. The van der Waals surface area contributed by atoms with Gasteiger partial charge in [0, 0.05) is 12.0 Å². The van der Waals surface area contributed by atoms with Gasteiger partial charge in [-0.3, -0.25) is 9.59 Å². The molecule has 0 bridgehead atoms. The van der Waals surface area contributed by atoms with Crippen molar-refractivity contribution in [1.29, 1.82) is 0 Å². The van der Waals surface area contributed by atoms with E-state index in [2.05, 4.69) is 0 Å². The molecule has 0 unspecified atom stereocenters. The van der Waals surface area contributed by atoms with Crippen molar-refractivity contribution in [2.75, 3.05) is 52.9 Å². The number of esters is 2. The molecule has 28 heavy (non-hydrogen) atoms. The molecule has 0 N–H and O–H groups in total. The molecule has 0 saturated carbocycles. The summed E-state index contributed by atoms with van der Waals surface area (Å²) in [6.07, 6.45) is 1.19. The maximum Gasteiger partial charge on any atom is 0.379 e. The monoisotopic (exact) mass is 396 g/mol. The Hall–Kier alpha value is -2.29. The number of carbonyl (C=O) groups is 3. The summed E-state index contributed by atoms with van der Waals surface area (Å²) in [5.74, 6) is -1.79. The van der Waals surface area contributed by atoms with Gasteiger partial charge in [-0.25, -0.2) is 4.79 Å². The third-order valence-electron chi connectivity index (χ3n) is 3.37. The van der Waals surface area contributed by atoms with Crippen LogP contribution < -0.4 is 0 Å². The van der Waals surface area contributed by atoms with Crippen LogP contribution in [0.3, 0.4) is 0 Å². The summed E-state index contributed by atoms with van der Waals surface area (Å²) in [5, 5.41) is 0. The van der Waals surface area contributed by atoms with Gasteiger partial charge in [0.2, 0.25) is 0 Å². The first-order valence-corrected chi connectivity index (χ1v) is 9.30. The molecular weight excluding hydrogens is 368 g/mol. The third kappa shape index (κ3) is 11.4. The van der Waals surface area contributed by atoms with Crippen LogP contribution in [0.5, 0.6) is 0 Å². The SMILES string of the molecule is CCCC(=O)OCCOCCOCCOCCOC(=O)C(=O)c1ccccc1. The van der Waals surface area contributed by atoms with Gasteiger partial charge in [-0.2, -0.15) is 0 Å². The Labute approximate surface area is 165 Å². The molecule has 0 amide bonds. The molecule has 1 rings (SSSR count). The maximum absolute atomic E-state index is 11.8. The zero-order valence-electron chi connectivity index (χ0n) is 16.2. The van der Waals surface area contributed by atoms with E-state index in [4.69, 9.17) is 23.7 Å². The lowest BCUT2D eigenvalue weighted by atomic mass is 10.1. The number of rotatable bonds is 16. The molecule has 1 aromatic carbocycles. The van der Waals surface area contributed by atoms with E-state index < -0.39 is 11.8 Å². The Balaban J connectivity index is 1.87. The Morgan fingerprint density at radius 2 is 1.21 bits per heavy atom. The molecular formula is C20H28O8. The molecule has 1 aromatic rings. The number of ketones is 1. The van der Waals surface area contributed by atoms with E-state index in [1.165, 1.54) is 0 Å². The number of hydrogen-bond acceptors (Lipinski definition) is 8. The van der Waals surface area contributed by atoms with Crippen LogP contribution in [0.4, 0.5) is 0 Å². The summed E-state index contributed by atoms with van der Waals surface area (Å²) in [6, 6.07) is 8.23. The summed E-state index contributed by atoms with van der Waals surface area (Å²) in [7, 11) is 0. The molecule has 0 heterocycles. The first-order valence-electron chi connectivity index (χ1n) is 9.30. The van der Waals surface area contributed by atoms with Gasteiger partial charge in [0.25, 0.3) is 5.78 Å². The molecule has 0 saturated heterocycles. The highest BCUT2D eigenvalue weighted by Crippen LogP contribution is 2.01. The molecule has 0 spiro atoms. The van der Waals surface area contributed by atoms with E-state index in [1.807, 2.05) is 6.92 Å². The number of benzene rings is 1. The summed E-state index contributed by atoms with van der Waals surface area (Å²) in [5.41, 5.74) is 0.295. The van der Waals surface area contributed by atoms with Crippen LogP contribution in [-0.2, 0) is 33.3 Å². The Morgan fingerprint density at radius 3 is 1.75 bits per heavy atom. The average Bonchev–Trinajstić information content (AvgIpc) is 2.71. The minimum atomic E-state index is -0.899. The van der Waals surface area contributed by atoms with E-state index in [9.17, 15) is 14.4 Å². The van der Waals surface area contributed by atoms with Gasteiger partial charge in [-0.05, 0) is 6.42 Å². The number of ether oxygens (including phenoxy) is 5. The van der Waals surface area contributed by atoms with Crippen molar-refractivity contribution in [1.82, 2.24) is 0 Å². The van der Waals surface area contributed by atoms with Crippen molar-refractivity contribution in [3.63, 3.8) is 0 Å². The highest BCUT2D eigenvalue weighted by molar-refractivity contribution is 6.40. The van der Waals surface area contributed by atoms with Crippen LogP contribution in [-0.4, -0.2) is 70.6 Å². The van der Waals surface area contributed by atoms with Crippen molar-refractivity contribution in [3.8, 4) is 0 Å². The second kappa shape index (κ2) is 15.7. The second-order valence-electron chi connectivity index (χ2n) is 5.64. The van der Waals surface area contributed by atoms with Gasteiger partial charge in [-0.1, -0.05) is 37.3 Å². The normalized spacial score (nSPS) is 10.5. The van der Waals surface area contributed by atoms with Crippen molar-refractivity contribution in [2.45, 2.75) is 19.8 Å². The topological polar surface area (TPSA) is 97.4 Å². The minimum Gasteiger partial charge on any atom is -0.463 e. The van der Waals surface area contributed by atoms with E-state index in [1.54, 1.807) is 30.3 Å². The molecule has 0 aromatic heterocycles. The van der Waals surface area contributed by atoms with Crippen LogP contribution in [0, 0.1) is 0 Å². The summed E-state index contributed by atoms with van der Waals surface area (Å²) in [4.78, 5) is 34.5. The summed E-state index contributed by atoms with van der Waals surface area (Å²) in [6.45, 7) is 4.16. The lowest BCUT2D eigenvalue weighted by Gasteiger charge is -2.08. The molecule has 0 fully saturated rings. The smallest absolute Gasteiger partial charge is 0.379 e. The first-order chi connectivity index (χ1) is 13.6. The standard InChI is InChI=1S/C20H28O8/c1-2-6-18(21)27-15-13-25-11-9-24-10-12-26-14-16-28-20(23)19(22)17-7-4-3-5-8-17/h3-5,7-8H,2,6,9-16H2,1H3. The highest BCUT2D eigenvalue weighted by atomic mass is 16.6. The minimum absolute atomic E-state index is 0.00271. The Bertz CT molecular complexity index is 573. The lowest BCUT2D eigenvalue weighted by molar-refractivity contribution is -0.145. The van der Waals surface area contributed by atoms with Crippen molar-refractivity contribution in [3.05, 3.63) is 35.9 Å². The van der Waals surface area contributed by atoms with Gasteiger partial charge in [0.15, 0.2) is 0 Å². The van der Waals surface area contributed by atoms with E-state index in [0.717, 1.165) is 6.42 Å². The largest absolute Gasteiger partial charge is 0.463 e. The predicted molar refractivity (Wildman–Crippen MR) is 100 cm³/mol. The molecule has 8 heteroatoms. The number of hydrogen-bond donors (Lipinski definition) is 0. The van der Waals surface area contributed by atoms with Crippen LogP contribution in [0.15, 0.2) is 30.3 Å². The van der Waals surface area contributed by atoms with Gasteiger partial charge < -0.3 is 23.7 Å². The Morgan fingerprint density at radius 1 is 0.714 bits per heavy atom. The van der Waals surface area contributed by atoms with E-state index in [0.29, 0.717) is 45.0 Å². The van der Waals surface area contributed by atoms with Crippen molar-refractivity contribution in [2.24, 2.45) is 0 Å². The number of carbonyl (C=O) groups excluding carboxylic acids is 3. The second-order valence-corrected chi connectivity index (χ2v) is 5.64. The van der Waals surface area contributed by atoms with Crippen LogP contribution in [0.25, 0.3) is 0 Å². The molecule has 0 radical (unpaired) electrons. The molecule has 0 aliphatic rings. The fraction of sp³-hybridized carbons (Fsp3) is 0.550. The van der Waals surface area contributed by atoms with Crippen molar-refractivity contribution >= 4 is 17.7 Å². The zero-order valence-corrected chi connectivity index (χ0v) is 16.2. The Kier molecular flexibility index (Phi) is 13.3. The molecule has 0 aliphatic heterocycles. The molecule has 8 nitrogen and oxygen atoms in total. The van der Waals surface area contributed by atoms with Gasteiger partial charge >= 0.3 is 11.9 Å². The van der Waals surface area contributed by atoms with Crippen molar-refractivity contribution < 1.29 is 38.1 Å². The lowest BCUT2D eigenvalue weighted by Crippen LogP contribution is -2.20. The van der Waals surface area contributed by atoms with Gasteiger partial charge in [0.05, 0.1) is 39.6 Å². The van der Waals surface area contributed by atoms with Gasteiger partial charge in [-0.15, -0.1) is 0 Å². The fourth-order valence-corrected chi connectivity index (χ4v) is 2.00.